The van der Waals surface area contributed by atoms with E-state index >= 15 is 0 Å². The predicted molar refractivity (Wildman–Crippen MR) is 76.1 cm³/mol. The van der Waals surface area contributed by atoms with Gasteiger partial charge in [0.15, 0.2) is 0 Å². The van der Waals surface area contributed by atoms with Gasteiger partial charge in [0, 0.05) is 19.2 Å². The third-order valence-electron chi connectivity index (χ3n) is 3.48. The van der Waals surface area contributed by atoms with Gasteiger partial charge in [-0.15, -0.1) is 0 Å². The van der Waals surface area contributed by atoms with Gasteiger partial charge >= 0.3 is 0 Å². The van der Waals surface area contributed by atoms with E-state index in [-0.39, 0.29) is 23.7 Å². The first-order valence-corrected chi connectivity index (χ1v) is 7.84. The fourth-order valence-corrected chi connectivity index (χ4v) is 3.99. The molecule has 1 saturated heterocycles. The SMILES string of the molecule is CC1(O)CCCN(S(=O)(=O)c2ccc(N)c([N+](=O)[O-])c2)C1. The summed E-state index contributed by atoms with van der Waals surface area (Å²) >= 11 is 0. The number of β-amino-alcohol motifs (C(OH)–C–C–N with tert-alkyl or cyclic N) is 1. The molecule has 1 aromatic carbocycles. The minimum Gasteiger partial charge on any atom is -0.393 e. The zero-order valence-corrected chi connectivity index (χ0v) is 12.3. The molecule has 1 aliphatic rings. The summed E-state index contributed by atoms with van der Waals surface area (Å²) in [6.07, 6.45) is 1.05. The average Bonchev–Trinajstić information content (AvgIpc) is 2.37. The lowest BCUT2D eigenvalue weighted by atomic mass is 9.97. The zero-order valence-electron chi connectivity index (χ0n) is 11.5. The predicted octanol–water partition coefficient (Wildman–Crippen LogP) is 0.713. The Hall–Kier alpha value is -1.71. The second kappa shape index (κ2) is 5.24. The molecule has 1 heterocycles. The molecule has 8 nitrogen and oxygen atoms in total. The monoisotopic (exact) mass is 315 g/mol. The van der Waals surface area contributed by atoms with Crippen LogP contribution in [0.3, 0.4) is 0 Å². The van der Waals surface area contributed by atoms with E-state index in [1.54, 1.807) is 6.92 Å². The molecule has 2 rings (SSSR count). The number of aliphatic hydroxyl groups is 1. The van der Waals surface area contributed by atoms with Crippen molar-refractivity contribution in [2.45, 2.75) is 30.3 Å². The van der Waals surface area contributed by atoms with Crippen LogP contribution in [0.4, 0.5) is 11.4 Å². The van der Waals surface area contributed by atoms with Gasteiger partial charge in [0.05, 0.1) is 15.4 Å². The maximum absolute atomic E-state index is 12.5. The first-order valence-electron chi connectivity index (χ1n) is 6.40. The van der Waals surface area contributed by atoms with E-state index in [4.69, 9.17) is 5.73 Å². The normalized spacial score (nSPS) is 23.9. The van der Waals surface area contributed by atoms with Gasteiger partial charge in [-0.2, -0.15) is 4.31 Å². The van der Waals surface area contributed by atoms with Gasteiger partial charge in [-0.25, -0.2) is 8.42 Å². The minimum absolute atomic E-state index is 0.0342. The summed E-state index contributed by atoms with van der Waals surface area (Å²) in [6, 6.07) is 3.39. The Kier molecular flexibility index (Phi) is 3.91. The number of nitrogens with zero attached hydrogens (tertiary/aromatic N) is 2. The highest BCUT2D eigenvalue weighted by atomic mass is 32.2. The van der Waals surface area contributed by atoms with Crippen LogP contribution in [0.1, 0.15) is 19.8 Å². The van der Waals surface area contributed by atoms with Crippen LogP contribution < -0.4 is 5.73 Å². The number of rotatable bonds is 3. The smallest absolute Gasteiger partial charge is 0.293 e. The van der Waals surface area contributed by atoms with Crippen molar-refractivity contribution in [3.8, 4) is 0 Å². The molecule has 1 aliphatic heterocycles. The third kappa shape index (κ3) is 3.14. The average molecular weight is 315 g/mol. The van der Waals surface area contributed by atoms with E-state index in [9.17, 15) is 23.6 Å². The van der Waals surface area contributed by atoms with E-state index in [1.807, 2.05) is 0 Å². The summed E-state index contributed by atoms with van der Waals surface area (Å²) in [7, 11) is -3.89. The van der Waals surface area contributed by atoms with E-state index < -0.39 is 26.2 Å². The van der Waals surface area contributed by atoms with Crippen LogP contribution in [0.15, 0.2) is 23.1 Å². The summed E-state index contributed by atoms with van der Waals surface area (Å²) in [5, 5.41) is 20.9. The van der Waals surface area contributed by atoms with Crippen LogP contribution in [0.5, 0.6) is 0 Å². The van der Waals surface area contributed by atoms with Crippen molar-refractivity contribution >= 4 is 21.4 Å². The molecule has 1 fully saturated rings. The lowest BCUT2D eigenvalue weighted by Gasteiger charge is -2.35. The fraction of sp³-hybridized carbons (Fsp3) is 0.500. The Bertz CT molecular complexity index is 671. The number of sulfonamides is 1. The van der Waals surface area contributed by atoms with Crippen molar-refractivity contribution in [3.05, 3.63) is 28.3 Å². The van der Waals surface area contributed by atoms with Crippen LogP contribution in [-0.4, -0.2) is 41.4 Å². The van der Waals surface area contributed by atoms with E-state index in [1.165, 1.54) is 12.1 Å². The third-order valence-corrected chi connectivity index (χ3v) is 5.32. The summed E-state index contributed by atoms with van der Waals surface area (Å²) in [6.45, 7) is 1.81. The van der Waals surface area contributed by atoms with E-state index in [0.29, 0.717) is 12.8 Å². The Labute approximate surface area is 122 Å². The van der Waals surface area contributed by atoms with Gasteiger partial charge in [-0.05, 0) is 31.9 Å². The quantitative estimate of drug-likeness (QED) is 0.480. The van der Waals surface area contributed by atoms with Crippen molar-refractivity contribution < 1.29 is 18.4 Å². The van der Waals surface area contributed by atoms with Crippen molar-refractivity contribution in [2.75, 3.05) is 18.8 Å². The van der Waals surface area contributed by atoms with E-state index in [0.717, 1.165) is 10.4 Å². The summed E-state index contributed by atoms with van der Waals surface area (Å²) in [5.41, 5.74) is 3.84. The number of nitrogen functional groups attached to an aromatic ring is 1. The zero-order chi connectivity index (χ0) is 15.8. The molecule has 3 N–H and O–H groups in total. The molecule has 0 aromatic heterocycles. The number of nitro benzene ring substituents is 1. The molecule has 0 amide bonds. The topological polar surface area (TPSA) is 127 Å². The maximum atomic E-state index is 12.5. The standard InChI is InChI=1S/C12H17N3O5S/c1-12(16)5-2-6-14(8-12)21(19,20)9-3-4-10(13)11(7-9)15(17)18/h3-4,7,16H,2,5-6,8,13H2,1H3. The first kappa shape index (κ1) is 15.7. The number of piperidine rings is 1. The van der Waals surface area contributed by atoms with Crippen LogP contribution in [0.25, 0.3) is 0 Å². The highest BCUT2D eigenvalue weighted by Crippen LogP contribution is 2.29. The van der Waals surface area contributed by atoms with Crippen LogP contribution in [-0.2, 0) is 10.0 Å². The van der Waals surface area contributed by atoms with Gasteiger partial charge in [0.1, 0.15) is 5.69 Å². The Balaban J connectivity index is 2.40. The van der Waals surface area contributed by atoms with Crippen molar-refractivity contribution in [2.24, 2.45) is 0 Å². The van der Waals surface area contributed by atoms with Gasteiger partial charge in [-0.1, -0.05) is 0 Å². The number of nitro groups is 1. The first-order chi connectivity index (χ1) is 9.63. The molecule has 0 spiro atoms. The molecular formula is C12H17N3O5S. The second-order valence-electron chi connectivity index (χ2n) is 5.42. The summed E-state index contributed by atoms with van der Waals surface area (Å²) in [5.74, 6) is 0. The van der Waals surface area contributed by atoms with Crippen LogP contribution >= 0.6 is 0 Å². The minimum atomic E-state index is -3.89. The number of anilines is 1. The van der Waals surface area contributed by atoms with Crippen molar-refractivity contribution in [1.29, 1.82) is 0 Å². The van der Waals surface area contributed by atoms with Gasteiger partial charge in [0.2, 0.25) is 10.0 Å². The summed E-state index contributed by atoms with van der Waals surface area (Å²) < 4.78 is 26.2. The maximum Gasteiger partial charge on any atom is 0.293 e. The Morgan fingerprint density at radius 2 is 2.14 bits per heavy atom. The Morgan fingerprint density at radius 3 is 2.71 bits per heavy atom. The molecule has 1 aromatic rings. The molecule has 0 aliphatic carbocycles. The number of benzene rings is 1. The fourth-order valence-electron chi connectivity index (χ4n) is 2.37. The lowest BCUT2D eigenvalue weighted by Crippen LogP contribution is -2.48. The largest absolute Gasteiger partial charge is 0.393 e. The van der Waals surface area contributed by atoms with Crippen molar-refractivity contribution in [1.82, 2.24) is 4.31 Å². The Morgan fingerprint density at radius 1 is 1.48 bits per heavy atom. The molecule has 1 atom stereocenters. The number of hydrogen-bond acceptors (Lipinski definition) is 6. The molecule has 0 bridgehead atoms. The highest BCUT2D eigenvalue weighted by molar-refractivity contribution is 7.89. The summed E-state index contributed by atoms with van der Waals surface area (Å²) in [4.78, 5) is 9.94. The van der Waals surface area contributed by atoms with Gasteiger partial charge in [0.25, 0.3) is 5.69 Å². The molecule has 9 heteroatoms. The van der Waals surface area contributed by atoms with Crippen molar-refractivity contribution in [3.63, 3.8) is 0 Å². The molecule has 0 radical (unpaired) electrons. The molecule has 21 heavy (non-hydrogen) atoms. The van der Waals surface area contributed by atoms with Crippen LogP contribution in [0.2, 0.25) is 0 Å². The number of nitrogens with two attached hydrogens (primary N) is 1. The number of hydrogen-bond donors (Lipinski definition) is 2. The highest BCUT2D eigenvalue weighted by Gasteiger charge is 2.36. The van der Waals surface area contributed by atoms with E-state index in [2.05, 4.69) is 0 Å². The van der Waals surface area contributed by atoms with Gasteiger partial charge in [-0.3, -0.25) is 10.1 Å². The van der Waals surface area contributed by atoms with Gasteiger partial charge < -0.3 is 10.8 Å². The molecule has 116 valence electrons. The molecule has 0 saturated carbocycles. The molecular weight excluding hydrogens is 298 g/mol. The van der Waals surface area contributed by atoms with Crippen LogP contribution in [0, 0.1) is 10.1 Å². The lowest BCUT2D eigenvalue weighted by molar-refractivity contribution is -0.384. The molecule has 1 unspecified atom stereocenters. The second-order valence-corrected chi connectivity index (χ2v) is 7.35.